The first-order valence-corrected chi connectivity index (χ1v) is 7.91. The molecule has 0 aliphatic carbocycles. The fourth-order valence-electron chi connectivity index (χ4n) is 4.28. The number of imidazole rings is 1. The van der Waals surface area contributed by atoms with Crippen LogP contribution in [0.2, 0.25) is 0 Å². The summed E-state index contributed by atoms with van der Waals surface area (Å²) in [5, 5.41) is 3.61. The van der Waals surface area contributed by atoms with E-state index in [0.717, 1.165) is 12.6 Å². The van der Waals surface area contributed by atoms with Crippen LogP contribution in [-0.4, -0.2) is 40.1 Å². The van der Waals surface area contributed by atoms with E-state index in [9.17, 15) is 0 Å². The van der Waals surface area contributed by atoms with Gasteiger partial charge in [0.25, 0.3) is 0 Å². The average molecular weight is 260 g/mol. The van der Waals surface area contributed by atoms with Gasteiger partial charge in [-0.3, -0.25) is 0 Å². The number of nitrogens with zero attached hydrogens (tertiary/aromatic N) is 3. The minimum absolute atomic E-state index is 0.545. The number of nitrogens with one attached hydrogen (secondary N) is 1. The lowest BCUT2D eigenvalue weighted by atomic mass is 9.97. The van der Waals surface area contributed by atoms with Gasteiger partial charge in [0, 0.05) is 30.9 Å². The summed E-state index contributed by atoms with van der Waals surface area (Å²) in [4.78, 5) is 7.13. The van der Waals surface area contributed by atoms with Crippen molar-refractivity contribution in [3.8, 4) is 0 Å². The van der Waals surface area contributed by atoms with E-state index in [1.54, 1.807) is 0 Å². The van der Waals surface area contributed by atoms with Crippen molar-refractivity contribution in [3.05, 3.63) is 18.2 Å². The number of rotatable bonds is 2. The first-order valence-electron chi connectivity index (χ1n) is 7.91. The SMILES string of the molecule is c1ncn(C2CCN3CCCC3C2)c1C1CCCN1. The lowest BCUT2D eigenvalue weighted by molar-refractivity contribution is 0.153. The predicted octanol–water partition coefficient (Wildman–Crippen LogP) is 2.11. The van der Waals surface area contributed by atoms with Crippen LogP contribution in [0.4, 0.5) is 0 Å². The van der Waals surface area contributed by atoms with Crippen molar-refractivity contribution >= 4 is 0 Å². The second-order valence-corrected chi connectivity index (χ2v) is 6.38. The van der Waals surface area contributed by atoms with Crippen LogP contribution in [0.15, 0.2) is 12.5 Å². The van der Waals surface area contributed by atoms with E-state index in [-0.39, 0.29) is 0 Å². The van der Waals surface area contributed by atoms with Gasteiger partial charge < -0.3 is 14.8 Å². The summed E-state index contributed by atoms with van der Waals surface area (Å²) in [7, 11) is 0. The van der Waals surface area contributed by atoms with Crippen molar-refractivity contribution in [2.45, 2.75) is 56.7 Å². The Hall–Kier alpha value is -0.870. The molecular formula is C15H24N4. The first-order chi connectivity index (χ1) is 9.42. The molecule has 4 heterocycles. The number of piperidine rings is 1. The summed E-state index contributed by atoms with van der Waals surface area (Å²) >= 11 is 0. The quantitative estimate of drug-likeness (QED) is 0.884. The van der Waals surface area contributed by atoms with Crippen LogP contribution in [0.1, 0.15) is 56.3 Å². The minimum Gasteiger partial charge on any atom is -0.330 e. The smallest absolute Gasteiger partial charge is 0.0951 e. The molecule has 0 aromatic carbocycles. The van der Waals surface area contributed by atoms with Gasteiger partial charge in [-0.25, -0.2) is 4.98 Å². The molecule has 1 N–H and O–H groups in total. The molecular weight excluding hydrogens is 236 g/mol. The van der Waals surface area contributed by atoms with Gasteiger partial charge in [-0.05, 0) is 51.6 Å². The molecule has 0 spiro atoms. The molecule has 104 valence electrons. The van der Waals surface area contributed by atoms with Gasteiger partial charge in [0.2, 0.25) is 0 Å². The molecule has 1 aromatic heterocycles. The number of hydrogen-bond donors (Lipinski definition) is 1. The highest BCUT2D eigenvalue weighted by Crippen LogP contribution is 2.35. The van der Waals surface area contributed by atoms with Gasteiger partial charge in [0.05, 0.1) is 12.0 Å². The van der Waals surface area contributed by atoms with Crippen LogP contribution in [0, 0.1) is 0 Å². The summed E-state index contributed by atoms with van der Waals surface area (Å²) in [5.74, 6) is 0. The zero-order valence-electron chi connectivity index (χ0n) is 11.6. The molecule has 0 radical (unpaired) electrons. The summed E-state index contributed by atoms with van der Waals surface area (Å²) in [6.07, 6.45) is 12.2. The third-order valence-corrected chi connectivity index (χ3v) is 5.30. The van der Waals surface area contributed by atoms with Gasteiger partial charge in [-0.1, -0.05) is 0 Å². The van der Waals surface area contributed by atoms with Crippen LogP contribution in [0.3, 0.4) is 0 Å². The van der Waals surface area contributed by atoms with Crippen LogP contribution in [-0.2, 0) is 0 Å². The summed E-state index contributed by atoms with van der Waals surface area (Å²) in [5.41, 5.74) is 1.42. The Kier molecular flexibility index (Phi) is 3.08. The Morgan fingerprint density at radius 3 is 3.00 bits per heavy atom. The van der Waals surface area contributed by atoms with E-state index in [2.05, 4.69) is 32.3 Å². The van der Waals surface area contributed by atoms with Crippen molar-refractivity contribution in [2.75, 3.05) is 19.6 Å². The molecule has 4 nitrogen and oxygen atoms in total. The zero-order valence-corrected chi connectivity index (χ0v) is 11.6. The highest BCUT2D eigenvalue weighted by molar-refractivity contribution is 5.09. The molecule has 3 aliphatic heterocycles. The molecule has 4 rings (SSSR count). The lowest BCUT2D eigenvalue weighted by Crippen LogP contribution is -2.39. The maximum Gasteiger partial charge on any atom is 0.0951 e. The molecule has 19 heavy (non-hydrogen) atoms. The standard InChI is InChI=1S/C15H24N4/c1-4-14(17-6-1)15-10-16-11-19(15)13-5-8-18-7-2-3-12(18)9-13/h10-14,17H,1-9H2. The largest absolute Gasteiger partial charge is 0.330 e. The molecule has 3 unspecified atom stereocenters. The molecule has 3 fully saturated rings. The lowest BCUT2D eigenvalue weighted by Gasteiger charge is -2.36. The van der Waals surface area contributed by atoms with Crippen molar-refractivity contribution in [1.82, 2.24) is 19.8 Å². The summed E-state index contributed by atoms with van der Waals surface area (Å²) in [6, 6.07) is 2.06. The second-order valence-electron chi connectivity index (χ2n) is 6.38. The molecule has 3 aliphatic rings. The van der Waals surface area contributed by atoms with E-state index < -0.39 is 0 Å². The van der Waals surface area contributed by atoms with Gasteiger partial charge in [-0.2, -0.15) is 0 Å². The fraction of sp³-hybridized carbons (Fsp3) is 0.800. The molecule has 0 saturated carbocycles. The highest BCUT2D eigenvalue weighted by Gasteiger charge is 2.33. The van der Waals surface area contributed by atoms with Gasteiger partial charge >= 0.3 is 0 Å². The van der Waals surface area contributed by atoms with Crippen LogP contribution in [0.25, 0.3) is 0 Å². The summed E-state index contributed by atoms with van der Waals surface area (Å²) < 4.78 is 2.48. The third-order valence-electron chi connectivity index (χ3n) is 5.30. The maximum atomic E-state index is 4.44. The predicted molar refractivity (Wildman–Crippen MR) is 75.1 cm³/mol. The van der Waals surface area contributed by atoms with Gasteiger partial charge in [-0.15, -0.1) is 0 Å². The Morgan fingerprint density at radius 2 is 2.11 bits per heavy atom. The number of fused-ring (bicyclic) bond motifs is 1. The molecule has 4 heteroatoms. The molecule has 3 saturated heterocycles. The Balaban J connectivity index is 1.54. The van der Waals surface area contributed by atoms with Crippen molar-refractivity contribution in [2.24, 2.45) is 0 Å². The minimum atomic E-state index is 0.545. The maximum absolute atomic E-state index is 4.44. The third kappa shape index (κ3) is 2.11. The van der Waals surface area contributed by atoms with E-state index in [1.807, 2.05) is 0 Å². The zero-order chi connectivity index (χ0) is 12.7. The normalized spacial score (nSPS) is 35.7. The Morgan fingerprint density at radius 1 is 1.11 bits per heavy atom. The van der Waals surface area contributed by atoms with Gasteiger partial charge in [0.15, 0.2) is 0 Å². The highest BCUT2D eigenvalue weighted by atomic mass is 15.2. The Bertz CT molecular complexity index is 435. The monoisotopic (exact) mass is 260 g/mol. The van der Waals surface area contributed by atoms with E-state index in [4.69, 9.17) is 0 Å². The second kappa shape index (κ2) is 4.91. The average Bonchev–Trinajstić information content (AvgIpc) is 3.18. The first kappa shape index (κ1) is 11.9. The molecule has 1 aromatic rings. The fourth-order valence-corrected chi connectivity index (χ4v) is 4.28. The number of aromatic nitrogens is 2. The van der Waals surface area contributed by atoms with Crippen LogP contribution in [0.5, 0.6) is 0 Å². The van der Waals surface area contributed by atoms with E-state index in [1.165, 1.54) is 57.3 Å². The van der Waals surface area contributed by atoms with Crippen LogP contribution < -0.4 is 5.32 Å². The van der Waals surface area contributed by atoms with Gasteiger partial charge in [0.1, 0.15) is 0 Å². The van der Waals surface area contributed by atoms with Crippen molar-refractivity contribution < 1.29 is 0 Å². The van der Waals surface area contributed by atoms with Crippen molar-refractivity contribution in [3.63, 3.8) is 0 Å². The molecule has 0 amide bonds. The summed E-state index contributed by atoms with van der Waals surface area (Å²) in [6.45, 7) is 3.78. The topological polar surface area (TPSA) is 33.1 Å². The molecule has 0 bridgehead atoms. The van der Waals surface area contributed by atoms with Crippen molar-refractivity contribution in [1.29, 1.82) is 0 Å². The van der Waals surface area contributed by atoms with Crippen LogP contribution >= 0.6 is 0 Å². The molecule has 3 atom stereocenters. The number of hydrogen-bond acceptors (Lipinski definition) is 3. The van der Waals surface area contributed by atoms with E-state index >= 15 is 0 Å². The van der Waals surface area contributed by atoms with E-state index in [0.29, 0.717) is 12.1 Å². The Labute approximate surface area is 115 Å².